The molecule has 2 atom stereocenters. The van der Waals surface area contributed by atoms with Gasteiger partial charge in [0.25, 0.3) is 0 Å². The van der Waals surface area contributed by atoms with Gasteiger partial charge in [0.1, 0.15) is 0 Å². The molecule has 1 aliphatic heterocycles. The molecule has 2 unspecified atom stereocenters. The highest BCUT2D eigenvalue weighted by Gasteiger charge is 2.27. The molecular weight excluding hydrogens is 316 g/mol. The van der Waals surface area contributed by atoms with Crippen molar-refractivity contribution in [2.75, 3.05) is 20.1 Å². The summed E-state index contributed by atoms with van der Waals surface area (Å²) in [5, 5.41) is 10.5. The minimum absolute atomic E-state index is 0.377. The molecule has 7 nitrogen and oxygen atoms in total. The fraction of sp³-hybridized carbons (Fsp3) is 0.500. The SMILES string of the molecule is CN=C(NCc1nc(C)no1)NC1CCN(C(C)c2ccccc2)C1. The van der Waals surface area contributed by atoms with E-state index in [0.717, 1.165) is 25.5 Å². The molecule has 1 aromatic heterocycles. The summed E-state index contributed by atoms with van der Waals surface area (Å²) >= 11 is 0. The standard InChI is InChI=1S/C18H26N6O/c1-13(15-7-5-4-6-8-15)24-10-9-16(12-24)22-18(19-3)20-11-17-21-14(2)23-25-17/h4-8,13,16H,9-12H2,1-3H3,(H2,19,20,22). The van der Waals surface area contributed by atoms with Crippen LogP contribution >= 0.6 is 0 Å². The first-order chi connectivity index (χ1) is 12.2. The second-order valence-electron chi connectivity index (χ2n) is 6.37. The minimum atomic E-state index is 0.377. The molecule has 0 spiro atoms. The Kier molecular flexibility index (Phi) is 5.65. The van der Waals surface area contributed by atoms with E-state index in [9.17, 15) is 0 Å². The van der Waals surface area contributed by atoms with Gasteiger partial charge in [-0.3, -0.25) is 9.89 Å². The molecule has 7 heteroatoms. The second kappa shape index (κ2) is 8.11. The number of hydrogen-bond donors (Lipinski definition) is 2. The fourth-order valence-electron chi connectivity index (χ4n) is 3.16. The fourth-order valence-corrected chi connectivity index (χ4v) is 3.16. The van der Waals surface area contributed by atoms with E-state index in [1.165, 1.54) is 5.56 Å². The van der Waals surface area contributed by atoms with Crippen molar-refractivity contribution in [3.05, 3.63) is 47.6 Å². The van der Waals surface area contributed by atoms with E-state index in [4.69, 9.17) is 4.52 Å². The average Bonchev–Trinajstić information content (AvgIpc) is 3.27. The lowest BCUT2D eigenvalue weighted by atomic mass is 10.1. The Labute approximate surface area is 148 Å². The summed E-state index contributed by atoms with van der Waals surface area (Å²) < 4.78 is 5.11. The van der Waals surface area contributed by atoms with Crippen molar-refractivity contribution in [1.82, 2.24) is 25.7 Å². The van der Waals surface area contributed by atoms with Crippen molar-refractivity contribution in [2.45, 2.75) is 38.9 Å². The number of aryl methyl sites for hydroxylation is 1. The van der Waals surface area contributed by atoms with Crippen LogP contribution in [-0.4, -0.2) is 47.2 Å². The number of guanidine groups is 1. The lowest BCUT2D eigenvalue weighted by Crippen LogP contribution is -2.44. The molecule has 134 valence electrons. The van der Waals surface area contributed by atoms with Crippen LogP contribution in [0.2, 0.25) is 0 Å². The topological polar surface area (TPSA) is 78.6 Å². The summed E-state index contributed by atoms with van der Waals surface area (Å²) in [7, 11) is 1.77. The highest BCUT2D eigenvalue weighted by molar-refractivity contribution is 5.79. The van der Waals surface area contributed by atoms with Gasteiger partial charge in [-0.15, -0.1) is 0 Å². The van der Waals surface area contributed by atoms with Crippen LogP contribution in [0.5, 0.6) is 0 Å². The van der Waals surface area contributed by atoms with Gasteiger partial charge in [0.15, 0.2) is 11.8 Å². The number of likely N-dealkylation sites (tertiary alicyclic amines) is 1. The van der Waals surface area contributed by atoms with E-state index in [-0.39, 0.29) is 0 Å². The Morgan fingerprint density at radius 2 is 2.20 bits per heavy atom. The number of nitrogens with one attached hydrogen (secondary N) is 2. The maximum atomic E-state index is 5.11. The van der Waals surface area contributed by atoms with Gasteiger partial charge in [0.05, 0.1) is 6.54 Å². The minimum Gasteiger partial charge on any atom is -0.352 e. The van der Waals surface area contributed by atoms with E-state index in [1.807, 2.05) is 0 Å². The van der Waals surface area contributed by atoms with E-state index < -0.39 is 0 Å². The van der Waals surface area contributed by atoms with Crippen LogP contribution < -0.4 is 10.6 Å². The van der Waals surface area contributed by atoms with Crippen LogP contribution in [0.25, 0.3) is 0 Å². The van der Waals surface area contributed by atoms with Gasteiger partial charge in [-0.2, -0.15) is 4.98 Å². The van der Waals surface area contributed by atoms with E-state index >= 15 is 0 Å². The van der Waals surface area contributed by atoms with Gasteiger partial charge < -0.3 is 15.2 Å². The molecule has 2 heterocycles. The summed E-state index contributed by atoms with van der Waals surface area (Å²) in [6, 6.07) is 11.4. The molecule has 0 amide bonds. The van der Waals surface area contributed by atoms with Crippen LogP contribution in [0.4, 0.5) is 0 Å². The highest BCUT2D eigenvalue weighted by atomic mass is 16.5. The Balaban J connectivity index is 1.49. The summed E-state index contributed by atoms with van der Waals surface area (Å²) in [4.78, 5) is 11.0. The van der Waals surface area contributed by atoms with Crippen LogP contribution in [0, 0.1) is 6.92 Å². The Hall–Kier alpha value is -2.41. The van der Waals surface area contributed by atoms with Crippen molar-refractivity contribution in [3.63, 3.8) is 0 Å². The first-order valence-corrected chi connectivity index (χ1v) is 8.71. The summed E-state index contributed by atoms with van der Waals surface area (Å²) in [5.74, 6) is 1.96. The first-order valence-electron chi connectivity index (χ1n) is 8.71. The van der Waals surface area contributed by atoms with E-state index in [0.29, 0.717) is 30.3 Å². The molecule has 0 radical (unpaired) electrons. The van der Waals surface area contributed by atoms with Gasteiger partial charge in [0, 0.05) is 32.2 Å². The smallest absolute Gasteiger partial charge is 0.246 e. The maximum absolute atomic E-state index is 5.11. The average molecular weight is 342 g/mol. The summed E-state index contributed by atoms with van der Waals surface area (Å²) in [6.45, 7) is 6.62. The number of rotatable bonds is 5. The predicted octanol–water partition coefficient (Wildman–Crippen LogP) is 1.88. The van der Waals surface area contributed by atoms with Crippen molar-refractivity contribution in [2.24, 2.45) is 4.99 Å². The third kappa shape index (κ3) is 4.57. The van der Waals surface area contributed by atoms with Crippen molar-refractivity contribution in [3.8, 4) is 0 Å². The molecule has 1 fully saturated rings. The van der Waals surface area contributed by atoms with Crippen molar-refractivity contribution >= 4 is 5.96 Å². The number of aliphatic imine (C=N–C) groups is 1. The number of nitrogens with zero attached hydrogens (tertiary/aromatic N) is 4. The van der Waals surface area contributed by atoms with Crippen molar-refractivity contribution in [1.29, 1.82) is 0 Å². The summed E-state index contributed by atoms with van der Waals surface area (Å²) in [6.07, 6.45) is 1.09. The quantitative estimate of drug-likeness (QED) is 0.638. The van der Waals surface area contributed by atoms with Crippen LogP contribution in [0.15, 0.2) is 39.8 Å². The van der Waals surface area contributed by atoms with E-state index in [1.54, 1.807) is 14.0 Å². The molecule has 0 aliphatic carbocycles. The zero-order valence-corrected chi connectivity index (χ0v) is 15.1. The lowest BCUT2D eigenvalue weighted by molar-refractivity contribution is 0.258. The predicted molar refractivity (Wildman–Crippen MR) is 97.2 cm³/mol. The molecule has 3 rings (SSSR count). The Morgan fingerprint density at radius 3 is 2.88 bits per heavy atom. The van der Waals surface area contributed by atoms with Crippen LogP contribution in [0.3, 0.4) is 0 Å². The van der Waals surface area contributed by atoms with Crippen molar-refractivity contribution < 1.29 is 4.52 Å². The maximum Gasteiger partial charge on any atom is 0.246 e. The molecule has 1 aromatic carbocycles. The molecule has 2 N–H and O–H groups in total. The Bertz CT molecular complexity index is 699. The molecule has 1 aliphatic rings. The molecular formula is C18H26N6O. The molecule has 2 aromatic rings. The second-order valence-corrected chi connectivity index (χ2v) is 6.37. The van der Waals surface area contributed by atoms with Crippen LogP contribution in [0.1, 0.15) is 36.7 Å². The van der Waals surface area contributed by atoms with E-state index in [2.05, 4.69) is 67.9 Å². The third-order valence-corrected chi connectivity index (χ3v) is 4.59. The summed E-state index contributed by atoms with van der Waals surface area (Å²) in [5.41, 5.74) is 1.36. The molecule has 25 heavy (non-hydrogen) atoms. The first kappa shape index (κ1) is 17.4. The molecule has 0 bridgehead atoms. The Morgan fingerprint density at radius 1 is 1.40 bits per heavy atom. The number of hydrogen-bond acceptors (Lipinski definition) is 5. The van der Waals surface area contributed by atoms with Gasteiger partial charge in [-0.25, -0.2) is 0 Å². The molecule has 0 saturated carbocycles. The zero-order chi connectivity index (χ0) is 17.6. The van der Waals surface area contributed by atoms with Gasteiger partial charge in [-0.1, -0.05) is 35.5 Å². The highest BCUT2D eigenvalue weighted by Crippen LogP contribution is 2.24. The van der Waals surface area contributed by atoms with Gasteiger partial charge in [0.2, 0.25) is 5.89 Å². The van der Waals surface area contributed by atoms with Gasteiger partial charge >= 0.3 is 0 Å². The largest absolute Gasteiger partial charge is 0.352 e. The number of aromatic nitrogens is 2. The number of benzene rings is 1. The van der Waals surface area contributed by atoms with Crippen LogP contribution in [-0.2, 0) is 6.54 Å². The van der Waals surface area contributed by atoms with Gasteiger partial charge in [-0.05, 0) is 25.8 Å². The zero-order valence-electron chi connectivity index (χ0n) is 15.1. The lowest BCUT2D eigenvalue weighted by Gasteiger charge is -2.25. The molecule has 1 saturated heterocycles. The normalized spacial score (nSPS) is 19.8. The third-order valence-electron chi connectivity index (χ3n) is 4.59. The monoisotopic (exact) mass is 342 g/mol.